The van der Waals surface area contributed by atoms with Gasteiger partial charge in [-0.25, -0.2) is 0 Å². The van der Waals surface area contributed by atoms with Gasteiger partial charge in [-0.1, -0.05) is 6.92 Å². The fourth-order valence-electron chi connectivity index (χ4n) is 1.38. The van der Waals surface area contributed by atoms with E-state index in [1.165, 1.54) is 6.92 Å². The molecular weight excluding hydrogens is 239 g/mol. The third kappa shape index (κ3) is 7.98. The van der Waals surface area contributed by atoms with Gasteiger partial charge in [0.15, 0.2) is 0 Å². The second kappa shape index (κ2) is 7.50. The van der Waals surface area contributed by atoms with Gasteiger partial charge < -0.3 is 9.84 Å². The highest BCUT2D eigenvalue weighted by molar-refractivity contribution is 5.72. The molecule has 17 heavy (non-hydrogen) atoms. The van der Waals surface area contributed by atoms with Crippen molar-refractivity contribution in [1.82, 2.24) is 4.90 Å². The zero-order valence-electron chi connectivity index (χ0n) is 9.96. The quantitative estimate of drug-likeness (QED) is 0.692. The standard InChI is InChI=1S/C10H18F3NO3/c1-3-17-9(16)8(2)6-14(4-5-15)7-10(11,12)13/h8,15H,3-7H2,1-2H3. The molecule has 0 aromatic rings. The summed E-state index contributed by atoms with van der Waals surface area (Å²) in [5.41, 5.74) is 0. The van der Waals surface area contributed by atoms with Crippen LogP contribution in [0.5, 0.6) is 0 Å². The number of alkyl halides is 3. The van der Waals surface area contributed by atoms with Gasteiger partial charge in [0, 0.05) is 13.1 Å². The van der Waals surface area contributed by atoms with Crippen LogP contribution >= 0.6 is 0 Å². The van der Waals surface area contributed by atoms with Crippen LogP contribution in [0, 0.1) is 5.92 Å². The molecule has 0 amide bonds. The molecule has 1 atom stereocenters. The van der Waals surface area contributed by atoms with Gasteiger partial charge in [0.05, 0.1) is 25.7 Å². The summed E-state index contributed by atoms with van der Waals surface area (Å²) in [6.07, 6.45) is -4.34. The minimum Gasteiger partial charge on any atom is -0.466 e. The summed E-state index contributed by atoms with van der Waals surface area (Å²) in [5, 5.41) is 8.66. The van der Waals surface area contributed by atoms with E-state index in [1.54, 1.807) is 6.92 Å². The SMILES string of the molecule is CCOC(=O)C(C)CN(CCO)CC(F)(F)F. The van der Waals surface area contributed by atoms with Crippen LogP contribution in [-0.4, -0.2) is 55.0 Å². The molecule has 7 heteroatoms. The average molecular weight is 257 g/mol. The predicted octanol–water partition coefficient (Wildman–Crippen LogP) is 1.04. The molecule has 4 nitrogen and oxygen atoms in total. The fraction of sp³-hybridized carbons (Fsp3) is 0.900. The first-order valence-corrected chi connectivity index (χ1v) is 5.36. The van der Waals surface area contributed by atoms with E-state index >= 15 is 0 Å². The van der Waals surface area contributed by atoms with Crippen molar-refractivity contribution < 1.29 is 27.8 Å². The number of hydrogen-bond acceptors (Lipinski definition) is 4. The molecule has 0 radical (unpaired) electrons. The minimum absolute atomic E-state index is 0.0844. The number of hydrogen-bond donors (Lipinski definition) is 1. The molecule has 1 N–H and O–H groups in total. The van der Waals surface area contributed by atoms with Crippen molar-refractivity contribution in [3.8, 4) is 0 Å². The highest BCUT2D eigenvalue weighted by Gasteiger charge is 2.31. The molecule has 0 aliphatic carbocycles. The molecule has 0 saturated heterocycles. The Hall–Kier alpha value is -0.820. The summed E-state index contributed by atoms with van der Waals surface area (Å²) >= 11 is 0. The van der Waals surface area contributed by atoms with Crippen LogP contribution in [0.1, 0.15) is 13.8 Å². The number of aliphatic hydroxyl groups excluding tert-OH is 1. The Kier molecular flexibility index (Phi) is 7.13. The average Bonchev–Trinajstić information content (AvgIpc) is 2.15. The molecule has 0 bridgehead atoms. The normalized spacial score (nSPS) is 13.8. The Morgan fingerprint density at radius 3 is 2.47 bits per heavy atom. The lowest BCUT2D eigenvalue weighted by atomic mass is 10.1. The van der Waals surface area contributed by atoms with Gasteiger partial charge in [0.2, 0.25) is 0 Å². The zero-order chi connectivity index (χ0) is 13.5. The van der Waals surface area contributed by atoms with Gasteiger partial charge in [0.25, 0.3) is 0 Å². The fourth-order valence-corrected chi connectivity index (χ4v) is 1.38. The number of esters is 1. The summed E-state index contributed by atoms with van der Waals surface area (Å²) < 4.78 is 41.3. The highest BCUT2D eigenvalue weighted by Crippen LogP contribution is 2.17. The van der Waals surface area contributed by atoms with E-state index < -0.39 is 24.6 Å². The van der Waals surface area contributed by atoms with Crippen LogP contribution in [0.3, 0.4) is 0 Å². The Labute approximate surface area is 98.3 Å². The van der Waals surface area contributed by atoms with E-state index in [0.29, 0.717) is 0 Å². The Morgan fingerprint density at radius 2 is 2.06 bits per heavy atom. The molecule has 0 heterocycles. The van der Waals surface area contributed by atoms with Crippen LogP contribution in [0.15, 0.2) is 0 Å². The number of halogens is 3. The molecule has 1 unspecified atom stereocenters. The smallest absolute Gasteiger partial charge is 0.401 e. The van der Waals surface area contributed by atoms with Gasteiger partial charge in [-0.2, -0.15) is 13.2 Å². The van der Waals surface area contributed by atoms with Crippen molar-refractivity contribution in [1.29, 1.82) is 0 Å². The molecule has 0 saturated carbocycles. The van der Waals surface area contributed by atoms with Crippen LogP contribution in [0.25, 0.3) is 0 Å². The molecule has 0 fully saturated rings. The first-order chi connectivity index (χ1) is 7.80. The summed E-state index contributed by atoms with van der Waals surface area (Å²) in [6, 6.07) is 0. The second-order valence-corrected chi connectivity index (χ2v) is 3.73. The third-order valence-corrected chi connectivity index (χ3v) is 2.04. The van der Waals surface area contributed by atoms with Gasteiger partial charge in [-0.05, 0) is 6.92 Å². The number of carbonyl (C=O) groups excluding carboxylic acids is 1. The molecule has 0 aromatic heterocycles. The topological polar surface area (TPSA) is 49.8 Å². The minimum atomic E-state index is -4.34. The largest absolute Gasteiger partial charge is 0.466 e. The maximum Gasteiger partial charge on any atom is 0.401 e. The van der Waals surface area contributed by atoms with Crippen LogP contribution in [0.4, 0.5) is 13.2 Å². The molecule has 0 aliphatic heterocycles. The van der Waals surface area contributed by atoms with E-state index in [2.05, 4.69) is 0 Å². The summed E-state index contributed by atoms with van der Waals surface area (Å²) in [4.78, 5) is 12.2. The summed E-state index contributed by atoms with van der Waals surface area (Å²) in [7, 11) is 0. The van der Waals surface area contributed by atoms with Gasteiger partial charge in [-0.15, -0.1) is 0 Å². The molecule has 0 aromatic carbocycles. The van der Waals surface area contributed by atoms with E-state index in [4.69, 9.17) is 9.84 Å². The monoisotopic (exact) mass is 257 g/mol. The van der Waals surface area contributed by atoms with E-state index in [0.717, 1.165) is 4.90 Å². The van der Waals surface area contributed by atoms with Crippen LogP contribution < -0.4 is 0 Å². The van der Waals surface area contributed by atoms with Gasteiger partial charge in [0.1, 0.15) is 0 Å². The van der Waals surface area contributed by atoms with Crippen molar-refractivity contribution in [3.63, 3.8) is 0 Å². The van der Waals surface area contributed by atoms with Crippen molar-refractivity contribution in [2.45, 2.75) is 20.0 Å². The Morgan fingerprint density at radius 1 is 1.47 bits per heavy atom. The lowest BCUT2D eigenvalue weighted by Gasteiger charge is -2.25. The maximum atomic E-state index is 12.2. The molecule has 102 valence electrons. The lowest BCUT2D eigenvalue weighted by Crippen LogP contribution is -2.40. The Bertz CT molecular complexity index is 233. The molecule has 0 aliphatic rings. The first kappa shape index (κ1) is 16.2. The van der Waals surface area contributed by atoms with Crippen molar-refractivity contribution in [3.05, 3.63) is 0 Å². The summed E-state index contributed by atoms with van der Waals surface area (Å²) in [5.74, 6) is -1.18. The lowest BCUT2D eigenvalue weighted by molar-refractivity contribution is -0.156. The third-order valence-electron chi connectivity index (χ3n) is 2.04. The number of carbonyl (C=O) groups is 1. The van der Waals surface area contributed by atoms with Crippen molar-refractivity contribution in [2.75, 3.05) is 32.8 Å². The number of rotatable bonds is 7. The summed E-state index contributed by atoms with van der Waals surface area (Å²) in [6.45, 7) is 1.60. The Balaban J connectivity index is 4.28. The number of aliphatic hydroxyl groups is 1. The first-order valence-electron chi connectivity index (χ1n) is 5.36. The van der Waals surface area contributed by atoms with Crippen molar-refractivity contribution >= 4 is 5.97 Å². The molecule has 0 spiro atoms. The zero-order valence-corrected chi connectivity index (χ0v) is 9.96. The van der Waals surface area contributed by atoms with E-state index in [9.17, 15) is 18.0 Å². The van der Waals surface area contributed by atoms with Gasteiger partial charge in [-0.3, -0.25) is 9.69 Å². The molecule has 0 rings (SSSR count). The van der Waals surface area contributed by atoms with E-state index in [-0.39, 0.29) is 26.3 Å². The maximum absolute atomic E-state index is 12.2. The van der Waals surface area contributed by atoms with Crippen LogP contribution in [-0.2, 0) is 9.53 Å². The highest BCUT2D eigenvalue weighted by atomic mass is 19.4. The second-order valence-electron chi connectivity index (χ2n) is 3.73. The van der Waals surface area contributed by atoms with Crippen LogP contribution in [0.2, 0.25) is 0 Å². The number of ether oxygens (including phenoxy) is 1. The molecular formula is C10H18F3NO3. The predicted molar refractivity (Wildman–Crippen MR) is 55.4 cm³/mol. The number of nitrogens with zero attached hydrogens (tertiary/aromatic N) is 1. The van der Waals surface area contributed by atoms with Crippen molar-refractivity contribution in [2.24, 2.45) is 5.92 Å². The van der Waals surface area contributed by atoms with E-state index in [1.807, 2.05) is 0 Å². The van der Waals surface area contributed by atoms with Gasteiger partial charge >= 0.3 is 12.1 Å².